The van der Waals surface area contributed by atoms with Crippen molar-refractivity contribution in [3.05, 3.63) is 198 Å². The molecule has 5 heterocycles. The molecule has 5 nitrogen and oxygen atoms in total. The van der Waals surface area contributed by atoms with Crippen LogP contribution in [0.3, 0.4) is 0 Å². The van der Waals surface area contributed by atoms with Crippen LogP contribution in [0, 0.1) is 0 Å². The normalized spacial score (nSPS) is 12.5. The predicted molar refractivity (Wildman–Crippen MR) is 227 cm³/mol. The van der Waals surface area contributed by atoms with E-state index in [1.165, 1.54) is 0 Å². The van der Waals surface area contributed by atoms with E-state index < -0.39 is 0 Å². The van der Waals surface area contributed by atoms with Gasteiger partial charge in [0.2, 0.25) is 0 Å². The molecule has 0 aliphatic carbocycles. The molecule has 0 amide bonds. The minimum atomic E-state index is 0.0785. The number of hydrogen-bond acceptors (Lipinski definition) is 3. The first-order valence-corrected chi connectivity index (χ1v) is 18.3. The molecule has 260 valence electrons. The predicted octanol–water partition coefficient (Wildman–Crippen LogP) is 12.4. The number of para-hydroxylation sites is 1. The van der Waals surface area contributed by atoms with Crippen LogP contribution in [0.15, 0.2) is 170 Å². The van der Waals surface area contributed by atoms with Crippen LogP contribution in [0.4, 0.5) is 0 Å². The summed E-state index contributed by atoms with van der Waals surface area (Å²) in [5, 5.41) is 11.4. The van der Waals surface area contributed by atoms with Crippen molar-refractivity contribution in [1.29, 1.82) is 0 Å². The van der Waals surface area contributed by atoms with E-state index in [-0.39, 0.29) is 11.8 Å². The number of nitrogens with zero attached hydrogens (tertiary/aromatic N) is 2. The van der Waals surface area contributed by atoms with Gasteiger partial charge in [-0.2, -0.15) is 0 Å². The number of nitrogens with one attached hydrogen (secondary N) is 2. The lowest BCUT2D eigenvalue weighted by molar-refractivity contribution is 0.473. The van der Waals surface area contributed by atoms with Crippen molar-refractivity contribution in [3.8, 4) is 50.3 Å². The number of phenols is 1. The summed E-state index contributed by atoms with van der Waals surface area (Å²) in [6.45, 7) is 0. The Morgan fingerprint density at radius 2 is 0.782 bits per heavy atom. The van der Waals surface area contributed by atoms with E-state index in [0.717, 1.165) is 78.0 Å². The number of phenolic OH excluding ortho intramolecular Hbond substituents is 1. The van der Waals surface area contributed by atoms with Gasteiger partial charge in [-0.3, -0.25) is 0 Å². The van der Waals surface area contributed by atoms with Crippen LogP contribution in [0.5, 0.6) is 5.75 Å². The molecule has 0 saturated heterocycles. The molecule has 0 atom stereocenters. The molecular formula is C50H34N4O. The highest BCUT2D eigenvalue weighted by molar-refractivity contribution is 6.05. The van der Waals surface area contributed by atoms with E-state index >= 15 is 0 Å². The van der Waals surface area contributed by atoms with Crippen LogP contribution < -0.4 is 0 Å². The zero-order valence-corrected chi connectivity index (χ0v) is 29.7. The second kappa shape index (κ2) is 13.5. The smallest absolute Gasteiger partial charge is 0.123 e. The summed E-state index contributed by atoms with van der Waals surface area (Å²) in [7, 11) is 0. The number of rotatable bonds is 5. The lowest BCUT2D eigenvalue weighted by Crippen LogP contribution is -1.92. The van der Waals surface area contributed by atoms with Crippen molar-refractivity contribution in [2.75, 3.05) is 0 Å². The van der Waals surface area contributed by atoms with E-state index in [4.69, 9.17) is 9.97 Å². The van der Waals surface area contributed by atoms with Crippen molar-refractivity contribution in [3.63, 3.8) is 0 Å². The maximum absolute atomic E-state index is 11.4. The van der Waals surface area contributed by atoms with Crippen LogP contribution in [-0.2, 0) is 0 Å². The Bertz CT molecular complexity index is 3020. The van der Waals surface area contributed by atoms with Crippen LogP contribution in [0.25, 0.3) is 90.4 Å². The number of hydrogen-bond donors (Lipinski definition) is 3. The third kappa shape index (κ3) is 5.75. The fourth-order valence-electron chi connectivity index (χ4n) is 7.71. The molecule has 3 aromatic heterocycles. The highest BCUT2D eigenvalue weighted by Crippen LogP contribution is 2.43. The summed E-state index contributed by atoms with van der Waals surface area (Å²) < 4.78 is 10.0. The van der Waals surface area contributed by atoms with Gasteiger partial charge in [-0.25, -0.2) is 9.97 Å². The van der Waals surface area contributed by atoms with E-state index in [1.54, 1.807) is 12.1 Å². The first-order chi connectivity index (χ1) is 27.6. The fraction of sp³-hybridized carbons (Fsp3) is 0. The van der Waals surface area contributed by atoms with E-state index in [1.807, 2.05) is 84.9 Å². The Hall–Kier alpha value is -7.50. The second-order valence-corrected chi connectivity index (χ2v) is 13.6. The van der Waals surface area contributed by atoms with Crippen LogP contribution in [0.2, 0.25) is 0 Å². The Balaban J connectivity index is 1.46. The van der Waals surface area contributed by atoms with Crippen molar-refractivity contribution < 1.29 is 6.48 Å². The molecule has 0 fully saturated rings. The molecule has 3 N–H and O–H groups in total. The maximum atomic E-state index is 11.4. The average molecular weight is 708 g/mol. The fourth-order valence-corrected chi connectivity index (χ4v) is 7.71. The summed E-state index contributed by atoms with van der Waals surface area (Å²) in [6.07, 6.45) is 4.19. The van der Waals surface area contributed by atoms with Crippen LogP contribution in [0.1, 0.15) is 29.7 Å². The summed E-state index contributed by atoms with van der Waals surface area (Å²) in [6, 6.07) is 56.6. The lowest BCUT2D eigenvalue weighted by Gasteiger charge is -2.10. The van der Waals surface area contributed by atoms with Gasteiger partial charge in [-0.05, 0) is 70.8 Å². The first kappa shape index (κ1) is 31.1. The van der Waals surface area contributed by atoms with Gasteiger partial charge in [0.25, 0.3) is 0 Å². The van der Waals surface area contributed by atoms with E-state index in [0.29, 0.717) is 22.5 Å². The minimum Gasteiger partial charge on any atom is -0.507 e. The molecule has 5 heteroatoms. The number of aromatic nitrogens is 4. The van der Waals surface area contributed by atoms with Gasteiger partial charge in [0.1, 0.15) is 5.75 Å². The Morgan fingerprint density at radius 1 is 0.400 bits per heavy atom. The summed E-state index contributed by atoms with van der Waals surface area (Å²) in [5.41, 5.74) is 14.6. The monoisotopic (exact) mass is 707 g/mol. The van der Waals surface area contributed by atoms with Gasteiger partial charge in [0.05, 0.1) is 24.1 Å². The number of aromatic hydroxyl groups is 1. The Kier molecular flexibility index (Phi) is 7.61. The number of benzene rings is 5. The minimum absolute atomic E-state index is 0.0785. The van der Waals surface area contributed by atoms with E-state index in [9.17, 15) is 6.48 Å². The molecule has 0 saturated carbocycles. The largest absolute Gasteiger partial charge is 0.507 e. The quantitative estimate of drug-likeness (QED) is 0.167. The Morgan fingerprint density at radius 3 is 1.24 bits per heavy atom. The zero-order valence-electron chi connectivity index (χ0n) is 30.7. The molecule has 8 aromatic rings. The van der Waals surface area contributed by atoms with Crippen LogP contribution in [-0.4, -0.2) is 25.0 Å². The molecule has 55 heavy (non-hydrogen) atoms. The third-order valence-electron chi connectivity index (χ3n) is 10.2. The van der Waals surface area contributed by atoms with Crippen molar-refractivity contribution in [1.82, 2.24) is 19.9 Å². The van der Waals surface area contributed by atoms with Crippen molar-refractivity contribution in [2.45, 2.75) is 0 Å². The van der Waals surface area contributed by atoms with Crippen LogP contribution >= 0.6 is 0 Å². The highest BCUT2D eigenvalue weighted by Gasteiger charge is 2.24. The highest BCUT2D eigenvalue weighted by atomic mass is 16.3. The molecule has 2 aliphatic rings. The molecule has 8 bridgehead atoms. The van der Waals surface area contributed by atoms with Gasteiger partial charge >= 0.3 is 0 Å². The summed E-state index contributed by atoms with van der Waals surface area (Å²) in [5.74, 6) is 0.0785. The number of aromatic amines is 2. The second-order valence-electron chi connectivity index (χ2n) is 13.6. The van der Waals surface area contributed by atoms with E-state index in [2.05, 4.69) is 94.9 Å². The molecule has 10 rings (SSSR count). The number of H-pyrrole nitrogens is 2. The SMILES string of the molecule is [2H]C1=C(c2ccccc2O)c2nc1c(-c1ccccc1)c1ccc([nH]1)c(-c1ccccc1)c1nc(c(-c3ccccc3)c3ccc([nH]3)c2-c2ccccc2)C=C1. The molecule has 5 aromatic carbocycles. The molecular weight excluding hydrogens is 673 g/mol. The van der Waals surface area contributed by atoms with Gasteiger partial charge in [-0.1, -0.05) is 140 Å². The maximum Gasteiger partial charge on any atom is 0.123 e. The summed E-state index contributed by atoms with van der Waals surface area (Å²) >= 11 is 0. The molecule has 0 radical (unpaired) electrons. The van der Waals surface area contributed by atoms with Gasteiger partial charge in [0, 0.05) is 55.5 Å². The van der Waals surface area contributed by atoms with Gasteiger partial charge < -0.3 is 15.1 Å². The van der Waals surface area contributed by atoms with Crippen molar-refractivity contribution >= 4 is 45.8 Å². The zero-order chi connectivity index (χ0) is 37.6. The summed E-state index contributed by atoms with van der Waals surface area (Å²) in [4.78, 5) is 18.4. The third-order valence-corrected chi connectivity index (χ3v) is 10.2. The number of fused-ring (bicyclic) bond motifs is 8. The molecule has 0 spiro atoms. The molecule has 2 aliphatic heterocycles. The Labute approximate surface area is 319 Å². The standard InChI is InChI=1S/C50H34N4O/c55-45-24-14-13-23-36(45)37-31-44-48(34-19-9-3-10-20-34)42-28-27-40(52-42)46(32-15-5-1-6-16-32)38-25-26-39(51-38)47(33-17-7-2-8-18-33)41-29-30-43(53-41)49(50(37)54-44)35-21-11-4-12-22-35/h1-31,52-53,55H/i31D. The topological polar surface area (TPSA) is 77.6 Å². The van der Waals surface area contributed by atoms with Gasteiger partial charge in [0.15, 0.2) is 0 Å². The first-order valence-electron chi connectivity index (χ1n) is 18.8. The van der Waals surface area contributed by atoms with Gasteiger partial charge in [-0.15, -0.1) is 0 Å². The average Bonchev–Trinajstić information content (AvgIpc) is 4.07. The van der Waals surface area contributed by atoms with Crippen molar-refractivity contribution in [2.24, 2.45) is 0 Å². The molecule has 0 unspecified atom stereocenters. The lowest BCUT2D eigenvalue weighted by atomic mass is 9.95.